The van der Waals surface area contributed by atoms with Crippen LogP contribution >= 0.6 is 0 Å². The number of imide groups is 1. The molecule has 0 bridgehead atoms. The minimum Gasteiger partial charge on any atom is -0.456 e. The summed E-state index contributed by atoms with van der Waals surface area (Å²) in [6.07, 6.45) is -2.63. The topological polar surface area (TPSA) is 218 Å². The minimum atomic E-state index is -1.23. The monoisotopic (exact) mass is 654 g/mol. The van der Waals surface area contributed by atoms with Crippen molar-refractivity contribution >= 4 is 35.6 Å². The van der Waals surface area contributed by atoms with E-state index in [1.807, 2.05) is 0 Å². The van der Waals surface area contributed by atoms with Gasteiger partial charge in [0.25, 0.3) is 11.8 Å². The molecule has 2 aliphatic rings. The van der Waals surface area contributed by atoms with Crippen molar-refractivity contribution < 1.29 is 52.6 Å². The zero-order valence-electron chi connectivity index (χ0n) is 26.0. The smallest absolute Gasteiger partial charge is 0.333 e. The predicted octanol–water partition coefficient (Wildman–Crippen LogP) is 0.704. The van der Waals surface area contributed by atoms with Crippen LogP contribution < -0.4 is 5.32 Å². The van der Waals surface area contributed by atoms with Gasteiger partial charge >= 0.3 is 17.9 Å². The largest absolute Gasteiger partial charge is 0.456 e. The zero-order chi connectivity index (χ0) is 34.1. The molecule has 2 aliphatic heterocycles. The Labute approximate surface area is 268 Å². The molecule has 2 saturated heterocycles. The first-order valence-corrected chi connectivity index (χ1v) is 14.8. The SMILES string of the molecule is CC(=O)N[C@H]1C(OC(C)=O)[C@@H](OC(C)=O)C(Cn2cc(-c3cccc(C#N)c3)nn2)O[C@H]1OCCCCC(=O)ON1C(=O)CCC1=O. The summed E-state index contributed by atoms with van der Waals surface area (Å²) in [6, 6.07) is 7.73. The van der Waals surface area contributed by atoms with E-state index in [4.69, 9.17) is 23.8 Å². The molecule has 17 heteroatoms. The highest BCUT2D eigenvalue weighted by molar-refractivity contribution is 6.01. The maximum absolute atomic E-state index is 12.2. The fourth-order valence-electron chi connectivity index (χ4n) is 5.08. The van der Waals surface area contributed by atoms with E-state index in [0.717, 1.165) is 6.92 Å². The molecule has 1 N–H and O–H groups in total. The Morgan fingerprint density at radius 3 is 2.40 bits per heavy atom. The summed E-state index contributed by atoms with van der Waals surface area (Å²) in [5.74, 6) is -3.83. The van der Waals surface area contributed by atoms with Crippen LogP contribution in [0.4, 0.5) is 0 Å². The molecule has 47 heavy (non-hydrogen) atoms. The van der Waals surface area contributed by atoms with Crippen LogP contribution in [0.3, 0.4) is 0 Å². The van der Waals surface area contributed by atoms with E-state index in [0.29, 0.717) is 28.3 Å². The first kappa shape index (κ1) is 34.7. The lowest BCUT2D eigenvalue weighted by atomic mass is 9.95. The molecule has 0 radical (unpaired) electrons. The lowest BCUT2D eigenvalue weighted by Gasteiger charge is -2.45. The van der Waals surface area contributed by atoms with Gasteiger partial charge in [-0.2, -0.15) is 5.26 Å². The van der Waals surface area contributed by atoms with Crippen LogP contribution in [0.1, 0.15) is 58.4 Å². The van der Waals surface area contributed by atoms with Crippen molar-refractivity contribution in [3.05, 3.63) is 36.0 Å². The highest BCUT2D eigenvalue weighted by Gasteiger charge is 2.51. The number of esters is 2. The third-order valence-electron chi connectivity index (χ3n) is 7.07. The molecule has 0 saturated carbocycles. The Morgan fingerprint density at radius 2 is 1.74 bits per heavy atom. The number of benzene rings is 1. The number of hydrogen-bond acceptors (Lipinski definition) is 14. The Balaban J connectivity index is 1.48. The molecule has 2 fully saturated rings. The number of carbonyl (C=O) groups is 6. The number of nitrogens with one attached hydrogen (secondary N) is 1. The highest BCUT2D eigenvalue weighted by Crippen LogP contribution is 2.29. The van der Waals surface area contributed by atoms with Crippen LogP contribution in [-0.4, -0.2) is 92.9 Å². The lowest BCUT2D eigenvalue weighted by Crippen LogP contribution is -2.66. The first-order chi connectivity index (χ1) is 22.4. The molecule has 3 heterocycles. The van der Waals surface area contributed by atoms with Crippen molar-refractivity contribution in [3.63, 3.8) is 0 Å². The average molecular weight is 655 g/mol. The van der Waals surface area contributed by atoms with Crippen molar-refractivity contribution in [2.45, 2.75) is 90.1 Å². The predicted molar refractivity (Wildman–Crippen MR) is 155 cm³/mol. The van der Waals surface area contributed by atoms with Gasteiger partial charge < -0.3 is 29.1 Å². The second-order valence-electron chi connectivity index (χ2n) is 10.8. The van der Waals surface area contributed by atoms with Crippen molar-refractivity contribution in [1.29, 1.82) is 5.26 Å². The van der Waals surface area contributed by atoms with E-state index >= 15 is 0 Å². The number of amides is 3. The maximum atomic E-state index is 12.2. The maximum Gasteiger partial charge on any atom is 0.333 e. The van der Waals surface area contributed by atoms with E-state index in [-0.39, 0.29) is 38.8 Å². The van der Waals surface area contributed by atoms with E-state index in [1.165, 1.54) is 18.5 Å². The van der Waals surface area contributed by atoms with Gasteiger partial charge in [-0.3, -0.25) is 24.0 Å². The van der Waals surface area contributed by atoms with Gasteiger partial charge in [0.05, 0.1) is 24.4 Å². The number of nitrogens with zero attached hydrogens (tertiary/aromatic N) is 5. The molecular weight excluding hydrogens is 620 g/mol. The van der Waals surface area contributed by atoms with Crippen molar-refractivity contribution in [1.82, 2.24) is 25.4 Å². The Hall–Kier alpha value is -5.21. The standard InChI is InChI=1S/C30H34N6O11/c1-17(37)32-27-29(45-19(3)39)28(44-18(2)38)23(16-35-15-22(33-34-35)21-8-6-7-20(13-21)14-31)46-30(27)43-12-5-4-9-26(42)47-36-24(40)10-11-25(36)41/h6-8,13,15,23,27-30H,4-5,9-12,16H2,1-3H3,(H,32,37)/t23?,27-,28-,29?,30+/m0/s1. The van der Waals surface area contributed by atoms with Gasteiger partial charge in [-0.15, -0.1) is 10.2 Å². The Kier molecular flexibility index (Phi) is 11.7. The number of hydrogen-bond donors (Lipinski definition) is 1. The molecule has 17 nitrogen and oxygen atoms in total. The molecular formula is C30H34N6O11. The van der Waals surface area contributed by atoms with Crippen LogP contribution in [0.2, 0.25) is 0 Å². The normalized spacial score (nSPS) is 22.3. The second-order valence-corrected chi connectivity index (χ2v) is 10.8. The third-order valence-corrected chi connectivity index (χ3v) is 7.07. The van der Waals surface area contributed by atoms with Crippen LogP contribution in [0.15, 0.2) is 30.5 Å². The number of ether oxygens (including phenoxy) is 4. The molecule has 0 aliphatic carbocycles. The molecule has 5 atom stereocenters. The summed E-state index contributed by atoms with van der Waals surface area (Å²) < 4.78 is 24.7. The van der Waals surface area contributed by atoms with Crippen molar-refractivity contribution in [3.8, 4) is 17.3 Å². The number of nitriles is 1. The fraction of sp³-hybridized carbons (Fsp3) is 0.500. The number of unbranched alkanes of at least 4 members (excludes halogenated alkanes) is 1. The summed E-state index contributed by atoms with van der Waals surface area (Å²) in [4.78, 5) is 76.9. The molecule has 3 amide bonds. The molecule has 1 aromatic heterocycles. The first-order valence-electron chi connectivity index (χ1n) is 14.8. The summed E-state index contributed by atoms with van der Waals surface area (Å²) in [6.45, 7) is 3.54. The fourth-order valence-corrected chi connectivity index (χ4v) is 5.08. The minimum absolute atomic E-state index is 0.00998. The van der Waals surface area contributed by atoms with Crippen LogP contribution in [-0.2, 0) is 59.1 Å². The van der Waals surface area contributed by atoms with Crippen LogP contribution in [0.5, 0.6) is 0 Å². The van der Waals surface area contributed by atoms with Crippen molar-refractivity contribution in [2.75, 3.05) is 6.61 Å². The van der Waals surface area contributed by atoms with Crippen molar-refractivity contribution in [2.24, 2.45) is 0 Å². The number of hydroxylamine groups is 2. The molecule has 2 unspecified atom stereocenters. The van der Waals surface area contributed by atoms with Gasteiger partial charge in [0.2, 0.25) is 5.91 Å². The van der Waals surface area contributed by atoms with E-state index < -0.39 is 66.3 Å². The van der Waals surface area contributed by atoms with E-state index in [1.54, 1.807) is 30.5 Å². The lowest BCUT2D eigenvalue weighted by molar-refractivity contribution is -0.274. The number of rotatable bonds is 13. The Bertz CT molecular complexity index is 1540. The molecule has 4 rings (SSSR count). The molecule has 0 spiro atoms. The van der Waals surface area contributed by atoms with Gasteiger partial charge in [-0.05, 0) is 25.0 Å². The summed E-state index contributed by atoms with van der Waals surface area (Å²) >= 11 is 0. The quantitative estimate of drug-likeness (QED) is 0.179. The summed E-state index contributed by atoms with van der Waals surface area (Å²) in [5.41, 5.74) is 1.53. The van der Waals surface area contributed by atoms with Gasteiger partial charge in [-0.25, -0.2) is 9.48 Å². The molecule has 2 aromatic rings. The average Bonchev–Trinajstić information content (AvgIpc) is 3.61. The van der Waals surface area contributed by atoms with Gasteiger partial charge in [0.15, 0.2) is 18.5 Å². The third kappa shape index (κ3) is 9.40. The van der Waals surface area contributed by atoms with Gasteiger partial charge in [-0.1, -0.05) is 17.3 Å². The summed E-state index contributed by atoms with van der Waals surface area (Å²) in [5, 5.41) is 20.7. The zero-order valence-corrected chi connectivity index (χ0v) is 26.0. The Morgan fingerprint density at radius 1 is 1.04 bits per heavy atom. The summed E-state index contributed by atoms with van der Waals surface area (Å²) in [7, 11) is 0. The molecule has 1 aromatic carbocycles. The highest BCUT2D eigenvalue weighted by atomic mass is 16.7. The van der Waals surface area contributed by atoms with E-state index in [2.05, 4.69) is 21.7 Å². The molecule has 250 valence electrons. The number of aromatic nitrogens is 3. The van der Waals surface area contributed by atoms with Gasteiger partial charge in [0, 0.05) is 52.2 Å². The van der Waals surface area contributed by atoms with Gasteiger partial charge in [0.1, 0.15) is 17.8 Å². The van der Waals surface area contributed by atoms with Crippen LogP contribution in [0.25, 0.3) is 11.3 Å². The van der Waals surface area contributed by atoms with E-state index in [9.17, 15) is 34.0 Å². The second kappa shape index (κ2) is 15.9. The number of carbonyl (C=O) groups excluding carboxylic acids is 6. The van der Waals surface area contributed by atoms with Crippen LogP contribution in [0, 0.1) is 11.3 Å².